The maximum Gasteiger partial charge on any atom is 2.00 e. The predicted molar refractivity (Wildman–Crippen MR) is 184 cm³/mol. The maximum atomic E-state index is 11.5. The van der Waals surface area contributed by atoms with Gasteiger partial charge in [-0.1, -0.05) is 102 Å². The van der Waals surface area contributed by atoms with E-state index in [1.54, 1.807) is 24.3 Å². The molecule has 4 rings (SSSR count). The van der Waals surface area contributed by atoms with Crippen LogP contribution in [0.2, 0.25) is 0 Å². The minimum Gasteiger partial charge on any atom is -0.744 e. The Labute approximate surface area is 300 Å². The van der Waals surface area contributed by atoms with Gasteiger partial charge in [-0.15, -0.1) is 0 Å². The number of hydrogen-bond donors (Lipinski definition) is 0. The van der Waals surface area contributed by atoms with Crippen LogP contribution in [0.4, 0.5) is 0 Å². The number of fused-ring (bicyclic) bond motifs is 2. The van der Waals surface area contributed by atoms with Crippen molar-refractivity contribution >= 4 is 79.5 Å². The van der Waals surface area contributed by atoms with Crippen molar-refractivity contribution in [2.75, 3.05) is 0 Å². The molecule has 9 heteroatoms. The molecule has 4 aromatic carbocycles. The van der Waals surface area contributed by atoms with Crippen LogP contribution in [0.5, 0.6) is 0 Å². The Morgan fingerprint density at radius 2 is 0.800 bits per heavy atom. The van der Waals surface area contributed by atoms with E-state index in [1.165, 1.54) is 34.4 Å². The van der Waals surface area contributed by atoms with Gasteiger partial charge in [0.25, 0.3) is 0 Å². The summed E-state index contributed by atoms with van der Waals surface area (Å²) in [5.41, 5.74) is 4.98. The number of rotatable bonds is 14. The van der Waals surface area contributed by atoms with E-state index < -0.39 is 20.2 Å². The van der Waals surface area contributed by atoms with Gasteiger partial charge in [-0.25, -0.2) is 16.8 Å². The van der Waals surface area contributed by atoms with Crippen LogP contribution in [0, 0.1) is 0 Å². The van der Waals surface area contributed by atoms with Crippen molar-refractivity contribution in [1.82, 2.24) is 0 Å². The van der Waals surface area contributed by atoms with Crippen molar-refractivity contribution in [3.05, 3.63) is 82.9 Å². The van der Waals surface area contributed by atoms with Crippen LogP contribution in [0.15, 0.2) is 70.5 Å². The van der Waals surface area contributed by atoms with Gasteiger partial charge in [-0.3, -0.25) is 0 Å². The topological polar surface area (TPSA) is 114 Å². The average molecular weight is 679 g/mol. The number of aryl methyl sites for hydroxylation is 4. The SMILES string of the molecule is CCCCc1ccc2c(S(=O)(=O)[O-])cccc2c1CCCC.CCCCc1ccc2c(S(=O)(=O)[O-])cccc2c1CCCC.[Ca+2]. The van der Waals surface area contributed by atoms with Crippen molar-refractivity contribution in [1.29, 1.82) is 0 Å². The first-order valence-corrected chi connectivity index (χ1v) is 18.8. The quantitative estimate of drug-likeness (QED) is 0.0976. The first kappa shape index (κ1) is 39.7. The normalized spacial score (nSPS) is 11.7. The van der Waals surface area contributed by atoms with Crippen molar-refractivity contribution in [3.63, 3.8) is 0 Å². The van der Waals surface area contributed by atoms with Gasteiger partial charge in [0.1, 0.15) is 20.2 Å². The zero-order chi connectivity index (χ0) is 32.3. The smallest absolute Gasteiger partial charge is 0.744 e. The van der Waals surface area contributed by atoms with Gasteiger partial charge in [-0.05, 0) is 107 Å². The Bertz CT molecular complexity index is 1630. The Kier molecular flexibility index (Phi) is 16.5. The molecule has 0 radical (unpaired) electrons. The molecule has 0 saturated carbocycles. The van der Waals surface area contributed by atoms with Crippen LogP contribution in [0.25, 0.3) is 21.5 Å². The van der Waals surface area contributed by atoms with E-state index >= 15 is 0 Å². The van der Waals surface area contributed by atoms with Gasteiger partial charge < -0.3 is 9.11 Å². The summed E-state index contributed by atoms with van der Waals surface area (Å²) in [6.45, 7) is 8.61. The van der Waals surface area contributed by atoms with Crippen LogP contribution in [-0.2, 0) is 45.9 Å². The molecule has 0 spiro atoms. The third-order valence-electron chi connectivity index (χ3n) is 8.16. The standard InChI is InChI=1S/2C18H24O3S.Ca/c2*1-3-5-8-14-12-13-17-16(15(14)9-6-4-2)10-7-11-18(17)22(19,20)21;/h2*7,10-13H,3-6,8-9H2,1-2H3,(H,19,20,21);/q;;+2/p-2. The maximum absolute atomic E-state index is 11.5. The molecule has 0 fully saturated rings. The summed E-state index contributed by atoms with van der Waals surface area (Å²) in [5, 5.41) is 2.95. The second kappa shape index (κ2) is 18.7. The molecule has 45 heavy (non-hydrogen) atoms. The second-order valence-electron chi connectivity index (χ2n) is 11.4. The van der Waals surface area contributed by atoms with Crippen molar-refractivity contribution in [2.24, 2.45) is 0 Å². The van der Waals surface area contributed by atoms with E-state index in [-0.39, 0.29) is 47.5 Å². The first-order valence-electron chi connectivity index (χ1n) is 16.0. The van der Waals surface area contributed by atoms with E-state index in [2.05, 4.69) is 27.7 Å². The molecule has 0 aliphatic rings. The third kappa shape index (κ3) is 10.7. The van der Waals surface area contributed by atoms with E-state index in [4.69, 9.17) is 0 Å². The van der Waals surface area contributed by atoms with E-state index in [1.807, 2.05) is 24.3 Å². The Balaban J connectivity index is 0.000000307. The summed E-state index contributed by atoms with van der Waals surface area (Å²) >= 11 is 0. The molecule has 0 aliphatic carbocycles. The first-order chi connectivity index (χ1) is 21.0. The molecule has 0 heterocycles. The molecule has 0 N–H and O–H groups in total. The fourth-order valence-corrected chi connectivity index (χ4v) is 7.19. The van der Waals surface area contributed by atoms with Gasteiger partial charge in [0, 0.05) is 0 Å². The minimum atomic E-state index is -4.45. The van der Waals surface area contributed by atoms with Gasteiger partial charge >= 0.3 is 37.7 Å². The van der Waals surface area contributed by atoms with Crippen LogP contribution in [0.3, 0.4) is 0 Å². The molecule has 0 atom stereocenters. The molecule has 0 aliphatic heterocycles. The molecule has 0 amide bonds. The molecule has 0 unspecified atom stereocenters. The van der Waals surface area contributed by atoms with Crippen molar-refractivity contribution in [3.8, 4) is 0 Å². The van der Waals surface area contributed by atoms with Crippen LogP contribution in [0.1, 0.15) is 101 Å². The zero-order valence-corrected chi connectivity index (χ0v) is 31.1. The van der Waals surface area contributed by atoms with E-state index in [0.29, 0.717) is 10.8 Å². The summed E-state index contributed by atoms with van der Waals surface area (Å²) in [7, 11) is -8.89. The summed E-state index contributed by atoms with van der Waals surface area (Å²) in [6, 6.07) is 17.6. The largest absolute Gasteiger partial charge is 2.00 e. The Morgan fingerprint density at radius 1 is 0.467 bits per heavy atom. The molecule has 4 aromatic rings. The zero-order valence-electron chi connectivity index (χ0n) is 27.2. The molecule has 0 saturated heterocycles. The Hall–Kier alpha value is -1.52. The summed E-state index contributed by atoms with van der Waals surface area (Å²) in [5.74, 6) is 0. The molecular weight excluding hydrogens is 633 g/mol. The molecule has 0 bridgehead atoms. The van der Waals surface area contributed by atoms with Gasteiger partial charge in [0.15, 0.2) is 0 Å². The molecule has 0 aromatic heterocycles. The monoisotopic (exact) mass is 678 g/mol. The minimum absolute atomic E-state index is 0. The average Bonchev–Trinajstić information content (AvgIpc) is 2.99. The fraction of sp³-hybridized carbons (Fsp3) is 0.444. The van der Waals surface area contributed by atoms with Crippen LogP contribution in [-0.4, -0.2) is 63.7 Å². The molecular formula is C36H46CaO6S2. The summed E-state index contributed by atoms with van der Waals surface area (Å²) in [6.07, 6.45) is 12.6. The van der Waals surface area contributed by atoms with E-state index in [9.17, 15) is 25.9 Å². The number of hydrogen-bond acceptors (Lipinski definition) is 6. The van der Waals surface area contributed by atoms with Crippen molar-refractivity contribution in [2.45, 2.75) is 115 Å². The van der Waals surface area contributed by atoms with Crippen LogP contribution < -0.4 is 0 Å². The van der Waals surface area contributed by atoms with E-state index in [0.717, 1.165) is 87.8 Å². The molecule has 6 nitrogen and oxygen atoms in total. The van der Waals surface area contributed by atoms with Crippen LogP contribution >= 0.6 is 0 Å². The van der Waals surface area contributed by atoms with Gasteiger partial charge in [0.05, 0.1) is 9.79 Å². The predicted octanol–water partition coefficient (Wildman–Crippen LogP) is 8.48. The summed E-state index contributed by atoms with van der Waals surface area (Å²) < 4.78 is 68.8. The van der Waals surface area contributed by atoms with Gasteiger partial charge in [-0.2, -0.15) is 0 Å². The second-order valence-corrected chi connectivity index (χ2v) is 14.1. The third-order valence-corrected chi connectivity index (χ3v) is 9.95. The summed E-state index contributed by atoms with van der Waals surface area (Å²) in [4.78, 5) is -0.213. The number of benzene rings is 4. The molecule has 240 valence electrons. The Morgan fingerprint density at radius 3 is 1.11 bits per heavy atom. The number of unbranched alkanes of at least 4 members (excludes halogenated alkanes) is 4. The van der Waals surface area contributed by atoms with Gasteiger partial charge in [0.2, 0.25) is 0 Å². The van der Waals surface area contributed by atoms with Crippen molar-refractivity contribution < 1.29 is 25.9 Å². The fourth-order valence-electron chi connectivity index (χ4n) is 5.81.